The number of hydrogen-bond acceptors (Lipinski definition) is 2. The predicted molar refractivity (Wildman–Crippen MR) is 117 cm³/mol. The Morgan fingerprint density at radius 2 is 1.41 bits per heavy atom. The molecule has 0 bridgehead atoms. The van der Waals surface area contributed by atoms with Crippen LogP contribution in [0.2, 0.25) is 0 Å². The molecule has 0 saturated carbocycles. The molecule has 0 saturated heterocycles. The number of H-pyrrole nitrogens is 1. The summed E-state index contributed by atoms with van der Waals surface area (Å²) in [6, 6.07) is 24.6. The van der Waals surface area contributed by atoms with E-state index in [-0.39, 0.29) is 11.3 Å². The van der Waals surface area contributed by atoms with Gasteiger partial charge in [-0.15, -0.1) is 0 Å². The number of anilines is 1. The van der Waals surface area contributed by atoms with Gasteiger partial charge in [0.15, 0.2) is 0 Å². The Kier molecular flexibility index (Phi) is 5.64. The SMILES string of the molecule is O=C(Nc1cccc(C(F)(F)F)c1)c1ccc(-c2ccc(-c3ccccc3)cc2)[nH]c1=O. The number of benzene rings is 3. The van der Waals surface area contributed by atoms with Gasteiger partial charge in [0.1, 0.15) is 5.56 Å². The number of carbonyl (C=O) groups excluding carboxylic acids is 1. The van der Waals surface area contributed by atoms with E-state index in [1.54, 1.807) is 6.07 Å². The molecule has 3 aromatic carbocycles. The summed E-state index contributed by atoms with van der Waals surface area (Å²) in [5.41, 5.74) is 1.58. The smallest absolute Gasteiger partial charge is 0.322 e. The van der Waals surface area contributed by atoms with E-state index >= 15 is 0 Å². The van der Waals surface area contributed by atoms with Crippen molar-refractivity contribution in [3.05, 3.63) is 112 Å². The van der Waals surface area contributed by atoms with E-state index in [4.69, 9.17) is 0 Å². The molecule has 0 fully saturated rings. The van der Waals surface area contributed by atoms with E-state index in [0.29, 0.717) is 5.69 Å². The average Bonchev–Trinajstić information content (AvgIpc) is 2.79. The van der Waals surface area contributed by atoms with Crippen molar-refractivity contribution in [2.24, 2.45) is 0 Å². The molecule has 4 nitrogen and oxygen atoms in total. The van der Waals surface area contributed by atoms with Crippen LogP contribution in [-0.2, 0) is 6.18 Å². The fraction of sp³-hybridized carbons (Fsp3) is 0.0400. The van der Waals surface area contributed by atoms with E-state index < -0.39 is 23.2 Å². The predicted octanol–water partition coefficient (Wildman–Crippen LogP) is 5.98. The van der Waals surface area contributed by atoms with Crippen LogP contribution in [0.1, 0.15) is 15.9 Å². The third-order valence-corrected chi connectivity index (χ3v) is 4.90. The first-order valence-corrected chi connectivity index (χ1v) is 9.69. The minimum Gasteiger partial charge on any atom is -0.322 e. The molecule has 0 aliphatic carbocycles. The first-order valence-electron chi connectivity index (χ1n) is 9.69. The highest BCUT2D eigenvalue weighted by Crippen LogP contribution is 2.30. The summed E-state index contributed by atoms with van der Waals surface area (Å²) in [4.78, 5) is 27.6. The summed E-state index contributed by atoms with van der Waals surface area (Å²) in [5.74, 6) is -0.795. The van der Waals surface area contributed by atoms with Crippen molar-refractivity contribution in [3.63, 3.8) is 0 Å². The normalized spacial score (nSPS) is 11.2. The zero-order chi connectivity index (χ0) is 22.7. The molecule has 0 aliphatic rings. The van der Waals surface area contributed by atoms with E-state index in [1.165, 1.54) is 18.2 Å². The third kappa shape index (κ3) is 4.62. The summed E-state index contributed by atoms with van der Waals surface area (Å²) in [5, 5.41) is 2.34. The van der Waals surface area contributed by atoms with Crippen molar-refractivity contribution >= 4 is 11.6 Å². The molecule has 2 N–H and O–H groups in total. The van der Waals surface area contributed by atoms with Crippen molar-refractivity contribution in [2.75, 3.05) is 5.32 Å². The highest BCUT2D eigenvalue weighted by molar-refractivity contribution is 6.04. The zero-order valence-electron chi connectivity index (χ0n) is 16.6. The van der Waals surface area contributed by atoms with Gasteiger partial charge >= 0.3 is 6.18 Å². The highest BCUT2D eigenvalue weighted by Gasteiger charge is 2.30. The van der Waals surface area contributed by atoms with Crippen LogP contribution in [0, 0.1) is 0 Å². The van der Waals surface area contributed by atoms with Crippen LogP contribution < -0.4 is 10.9 Å². The standard InChI is InChI=1S/C25H17F3N2O2/c26-25(27,28)19-7-4-8-20(15-19)29-23(31)21-13-14-22(30-24(21)32)18-11-9-17(10-12-18)16-5-2-1-3-6-16/h1-15H,(H,29,31)(H,30,32). The minimum absolute atomic E-state index is 0.0511. The summed E-state index contributed by atoms with van der Waals surface area (Å²) >= 11 is 0. The summed E-state index contributed by atoms with van der Waals surface area (Å²) in [6.45, 7) is 0. The molecular weight excluding hydrogens is 417 g/mol. The van der Waals surface area contributed by atoms with Gasteiger partial charge in [0.05, 0.1) is 5.56 Å². The monoisotopic (exact) mass is 434 g/mol. The molecule has 0 radical (unpaired) electrons. The summed E-state index contributed by atoms with van der Waals surface area (Å²) < 4.78 is 38.6. The number of alkyl halides is 3. The maximum Gasteiger partial charge on any atom is 0.416 e. The van der Waals surface area contributed by atoms with Crippen molar-refractivity contribution < 1.29 is 18.0 Å². The lowest BCUT2D eigenvalue weighted by Crippen LogP contribution is -2.23. The van der Waals surface area contributed by atoms with Gasteiger partial charge in [0, 0.05) is 11.4 Å². The van der Waals surface area contributed by atoms with Crippen LogP contribution in [0.3, 0.4) is 0 Å². The van der Waals surface area contributed by atoms with E-state index in [9.17, 15) is 22.8 Å². The molecule has 4 rings (SSSR count). The average molecular weight is 434 g/mol. The first-order chi connectivity index (χ1) is 15.3. The maximum atomic E-state index is 12.9. The van der Waals surface area contributed by atoms with Crippen LogP contribution in [-0.4, -0.2) is 10.9 Å². The van der Waals surface area contributed by atoms with Crippen molar-refractivity contribution in [3.8, 4) is 22.4 Å². The number of aromatic amines is 1. The van der Waals surface area contributed by atoms with E-state index in [0.717, 1.165) is 28.8 Å². The molecule has 7 heteroatoms. The number of aromatic nitrogens is 1. The lowest BCUT2D eigenvalue weighted by molar-refractivity contribution is -0.137. The number of carbonyl (C=O) groups is 1. The first kappa shape index (κ1) is 21.1. The van der Waals surface area contributed by atoms with Gasteiger partial charge in [-0.1, -0.05) is 60.7 Å². The Hall–Kier alpha value is -4.13. The van der Waals surface area contributed by atoms with Gasteiger partial charge < -0.3 is 10.3 Å². The second kappa shape index (κ2) is 8.55. The molecule has 1 aromatic heterocycles. The molecule has 0 atom stereocenters. The second-order valence-electron chi connectivity index (χ2n) is 7.09. The Labute approximate surface area is 181 Å². The molecule has 0 unspecified atom stereocenters. The van der Waals surface area contributed by atoms with Crippen LogP contribution in [0.4, 0.5) is 18.9 Å². The number of amides is 1. The number of halogens is 3. The maximum absolute atomic E-state index is 12.9. The molecular formula is C25H17F3N2O2. The van der Waals surface area contributed by atoms with Gasteiger partial charge in [0.2, 0.25) is 0 Å². The quantitative estimate of drug-likeness (QED) is 0.415. The minimum atomic E-state index is -4.53. The Morgan fingerprint density at radius 3 is 2.06 bits per heavy atom. The summed E-state index contributed by atoms with van der Waals surface area (Å²) in [6.07, 6.45) is -4.53. The number of pyridine rings is 1. The Balaban J connectivity index is 1.53. The van der Waals surface area contributed by atoms with Crippen molar-refractivity contribution in [2.45, 2.75) is 6.18 Å². The molecule has 1 heterocycles. The number of rotatable bonds is 4. The third-order valence-electron chi connectivity index (χ3n) is 4.90. The van der Waals surface area contributed by atoms with Gasteiger partial charge in [-0.05, 0) is 47.0 Å². The topological polar surface area (TPSA) is 62.0 Å². The Morgan fingerprint density at radius 1 is 0.750 bits per heavy atom. The lowest BCUT2D eigenvalue weighted by Gasteiger charge is -2.10. The fourth-order valence-electron chi connectivity index (χ4n) is 3.27. The molecule has 4 aromatic rings. The molecule has 0 spiro atoms. The van der Waals surface area contributed by atoms with E-state index in [2.05, 4.69) is 10.3 Å². The number of hydrogen-bond donors (Lipinski definition) is 2. The van der Waals surface area contributed by atoms with Crippen LogP contribution >= 0.6 is 0 Å². The highest BCUT2D eigenvalue weighted by atomic mass is 19.4. The molecule has 160 valence electrons. The van der Waals surface area contributed by atoms with Gasteiger partial charge in [-0.25, -0.2) is 0 Å². The number of nitrogens with one attached hydrogen (secondary N) is 2. The molecule has 1 amide bonds. The molecule has 32 heavy (non-hydrogen) atoms. The van der Waals surface area contributed by atoms with Gasteiger partial charge in [0.25, 0.3) is 11.5 Å². The van der Waals surface area contributed by atoms with Crippen molar-refractivity contribution in [1.29, 1.82) is 0 Å². The lowest BCUT2D eigenvalue weighted by atomic mass is 10.0. The van der Waals surface area contributed by atoms with Crippen LogP contribution in [0.25, 0.3) is 22.4 Å². The summed E-state index contributed by atoms with van der Waals surface area (Å²) in [7, 11) is 0. The Bertz CT molecular complexity index is 1310. The van der Waals surface area contributed by atoms with E-state index in [1.807, 2.05) is 54.6 Å². The van der Waals surface area contributed by atoms with Gasteiger partial charge in [-0.2, -0.15) is 13.2 Å². The van der Waals surface area contributed by atoms with Crippen molar-refractivity contribution in [1.82, 2.24) is 4.98 Å². The van der Waals surface area contributed by atoms with Crippen LogP contribution in [0.15, 0.2) is 95.8 Å². The zero-order valence-corrected chi connectivity index (χ0v) is 16.6. The fourth-order valence-corrected chi connectivity index (χ4v) is 3.27. The largest absolute Gasteiger partial charge is 0.416 e. The molecule has 0 aliphatic heterocycles. The van der Waals surface area contributed by atoms with Gasteiger partial charge in [-0.3, -0.25) is 9.59 Å². The van der Waals surface area contributed by atoms with Crippen LogP contribution in [0.5, 0.6) is 0 Å². The second-order valence-corrected chi connectivity index (χ2v) is 7.09.